The number of nitrogens with zero attached hydrogens (tertiary/aromatic N) is 2. The number of piperidine rings is 1. The minimum Gasteiger partial charge on any atom is -0.314 e. The summed E-state index contributed by atoms with van der Waals surface area (Å²) in [6.07, 6.45) is 9.11. The molecule has 1 atom stereocenters. The van der Waals surface area contributed by atoms with E-state index in [1.165, 1.54) is 25.7 Å². The highest BCUT2D eigenvalue weighted by molar-refractivity contribution is 7.86. The Labute approximate surface area is 129 Å². The second kappa shape index (κ2) is 6.94. The maximum atomic E-state index is 12.8. The fraction of sp³-hybridized carbons (Fsp3) is 1.00. The summed E-state index contributed by atoms with van der Waals surface area (Å²) in [4.78, 5) is 0. The van der Waals surface area contributed by atoms with Gasteiger partial charge in [-0.15, -0.1) is 0 Å². The van der Waals surface area contributed by atoms with Crippen LogP contribution in [-0.4, -0.2) is 55.8 Å². The second-order valence-electron chi connectivity index (χ2n) is 6.87. The zero-order valence-corrected chi connectivity index (χ0v) is 13.8. The van der Waals surface area contributed by atoms with Gasteiger partial charge in [-0.25, -0.2) is 0 Å². The fourth-order valence-corrected chi connectivity index (χ4v) is 5.26. The lowest BCUT2D eigenvalue weighted by molar-refractivity contribution is 0.242. The average Bonchev–Trinajstić information content (AvgIpc) is 3.32. The molecule has 2 saturated heterocycles. The van der Waals surface area contributed by atoms with E-state index in [0.717, 1.165) is 32.2 Å². The smallest absolute Gasteiger partial charge is 0.281 e. The number of hydrogen-bond acceptors (Lipinski definition) is 3. The van der Waals surface area contributed by atoms with Crippen LogP contribution in [0.5, 0.6) is 0 Å². The lowest BCUT2D eigenvalue weighted by atomic mass is 10.00. The topological polar surface area (TPSA) is 52.7 Å². The molecule has 3 fully saturated rings. The monoisotopic (exact) mass is 315 g/mol. The largest absolute Gasteiger partial charge is 0.314 e. The highest BCUT2D eigenvalue weighted by atomic mass is 32.2. The summed E-state index contributed by atoms with van der Waals surface area (Å²) >= 11 is 0. The first-order valence-electron chi connectivity index (χ1n) is 8.65. The summed E-state index contributed by atoms with van der Waals surface area (Å²) in [5, 5.41) is 3.55. The molecule has 3 rings (SSSR count). The van der Waals surface area contributed by atoms with Crippen LogP contribution < -0.4 is 5.32 Å². The fourth-order valence-electron chi connectivity index (χ4n) is 3.46. The molecule has 122 valence electrons. The van der Waals surface area contributed by atoms with Gasteiger partial charge in [0, 0.05) is 32.2 Å². The highest BCUT2D eigenvalue weighted by Gasteiger charge is 2.34. The third kappa shape index (κ3) is 4.18. The van der Waals surface area contributed by atoms with E-state index in [9.17, 15) is 8.42 Å². The van der Waals surface area contributed by atoms with Crippen molar-refractivity contribution in [3.63, 3.8) is 0 Å². The standard InChI is InChI=1S/C15H29N3O2S/c19-21(20,17-9-3-1-2-4-10-17)18-11-5-6-14(13-18)12-16-15-7-8-15/h14-16H,1-13H2. The Kier molecular flexibility index (Phi) is 5.19. The Balaban J connectivity index is 1.57. The molecule has 2 heterocycles. The number of hydrogen-bond donors (Lipinski definition) is 1. The summed E-state index contributed by atoms with van der Waals surface area (Å²) in [6.45, 7) is 3.82. The first-order valence-corrected chi connectivity index (χ1v) is 10.0. The SMILES string of the molecule is O=S(=O)(N1CCCCCC1)N1CCCC(CNC2CC2)C1. The normalized spacial score (nSPS) is 30.2. The van der Waals surface area contributed by atoms with Gasteiger partial charge in [-0.05, 0) is 51.0 Å². The summed E-state index contributed by atoms with van der Waals surface area (Å²) in [7, 11) is -3.23. The lowest BCUT2D eigenvalue weighted by Gasteiger charge is -2.35. The minimum absolute atomic E-state index is 0.487. The van der Waals surface area contributed by atoms with Crippen LogP contribution in [0.2, 0.25) is 0 Å². The third-order valence-electron chi connectivity index (χ3n) is 4.97. The predicted molar refractivity (Wildman–Crippen MR) is 84.3 cm³/mol. The average molecular weight is 315 g/mol. The molecule has 1 saturated carbocycles. The maximum absolute atomic E-state index is 12.8. The molecular weight excluding hydrogens is 286 g/mol. The van der Waals surface area contributed by atoms with Crippen LogP contribution >= 0.6 is 0 Å². The van der Waals surface area contributed by atoms with Gasteiger partial charge in [-0.2, -0.15) is 17.0 Å². The van der Waals surface area contributed by atoms with Crippen molar-refractivity contribution in [3.05, 3.63) is 0 Å². The first kappa shape index (κ1) is 15.7. The van der Waals surface area contributed by atoms with Gasteiger partial charge in [0.25, 0.3) is 10.2 Å². The maximum Gasteiger partial charge on any atom is 0.281 e. The second-order valence-corrected chi connectivity index (χ2v) is 8.80. The molecule has 0 aromatic heterocycles. The van der Waals surface area contributed by atoms with Crippen molar-refractivity contribution >= 4 is 10.2 Å². The van der Waals surface area contributed by atoms with Gasteiger partial charge in [0.1, 0.15) is 0 Å². The predicted octanol–water partition coefficient (Wildman–Crippen LogP) is 1.57. The van der Waals surface area contributed by atoms with Crippen LogP contribution in [0.15, 0.2) is 0 Å². The molecule has 0 radical (unpaired) electrons. The highest BCUT2D eigenvalue weighted by Crippen LogP contribution is 2.24. The summed E-state index contributed by atoms with van der Waals surface area (Å²) in [5.74, 6) is 0.487. The summed E-state index contributed by atoms with van der Waals surface area (Å²) < 4.78 is 29.1. The van der Waals surface area contributed by atoms with Crippen molar-refractivity contribution in [1.29, 1.82) is 0 Å². The van der Waals surface area contributed by atoms with Gasteiger partial charge in [-0.1, -0.05) is 12.8 Å². The Morgan fingerprint density at radius 3 is 2.19 bits per heavy atom. The van der Waals surface area contributed by atoms with Crippen molar-refractivity contribution < 1.29 is 8.42 Å². The lowest BCUT2D eigenvalue weighted by Crippen LogP contribution is -2.49. The zero-order chi connectivity index (χ0) is 14.7. The summed E-state index contributed by atoms with van der Waals surface area (Å²) in [5.41, 5.74) is 0. The van der Waals surface area contributed by atoms with E-state index in [0.29, 0.717) is 38.1 Å². The molecule has 2 aliphatic heterocycles. The Bertz CT molecular complexity index is 428. The van der Waals surface area contributed by atoms with E-state index in [2.05, 4.69) is 5.32 Å². The van der Waals surface area contributed by atoms with Crippen molar-refractivity contribution in [3.8, 4) is 0 Å². The Morgan fingerprint density at radius 1 is 0.857 bits per heavy atom. The van der Waals surface area contributed by atoms with Crippen molar-refractivity contribution in [2.24, 2.45) is 5.92 Å². The summed E-state index contributed by atoms with van der Waals surface area (Å²) in [6, 6.07) is 0.711. The molecule has 0 aromatic carbocycles. The van der Waals surface area contributed by atoms with Crippen LogP contribution in [0, 0.1) is 5.92 Å². The van der Waals surface area contributed by atoms with Gasteiger partial charge >= 0.3 is 0 Å². The molecule has 0 spiro atoms. The molecular formula is C15H29N3O2S. The minimum atomic E-state index is -3.23. The Morgan fingerprint density at radius 2 is 1.52 bits per heavy atom. The molecule has 1 aliphatic carbocycles. The molecule has 3 aliphatic rings. The van der Waals surface area contributed by atoms with Gasteiger partial charge in [0.05, 0.1) is 0 Å². The molecule has 0 amide bonds. The Hall–Kier alpha value is -0.170. The molecule has 5 nitrogen and oxygen atoms in total. The van der Waals surface area contributed by atoms with Gasteiger partial charge < -0.3 is 5.32 Å². The molecule has 1 N–H and O–H groups in total. The molecule has 21 heavy (non-hydrogen) atoms. The van der Waals surface area contributed by atoms with Crippen molar-refractivity contribution in [2.45, 2.75) is 57.4 Å². The van der Waals surface area contributed by atoms with Gasteiger partial charge in [0.2, 0.25) is 0 Å². The van der Waals surface area contributed by atoms with Crippen LogP contribution in [0.25, 0.3) is 0 Å². The van der Waals surface area contributed by atoms with E-state index in [4.69, 9.17) is 0 Å². The zero-order valence-electron chi connectivity index (χ0n) is 13.0. The van der Waals surface area contributed by atoms with E-state index in [1.54, 1.807) is 8.61 Å². The molecule has 0 bridgehead atoms. The van der Waals surface area contributed by atoms with Crippen LogP contribution in [0.4, 0.5) is 0 Å². The molecule has 1 unspecified atom stereocenters. The van der Waals surface area contributed by atoms with E-state index in [-0.39, 0.29) is 0 Å². The van der Waals surface area contributed by atoms with E-state index >= 15 is 0 Å². The van der Waals surface area contributed by atoms with E-state index in [1.807, 2.05) is 0 Å². The molecule has 6 heteroatoms. The first-order chi connectivity index (χ1) is 10.2. The van der Waals surface area contributed by atoms with Gasteiger partial charge in [-0.3, -0.25) is 0 Å². The van der Waals surface area contributed by atoms with Crippen molar-refractivity contribution in [2.75, 3.05) is 32.7 Å². The van der Waals surface area contributed by atoms with Crippen LogP contribution in [-0.2, 0) is 10.2 Å². The van der Waals surface area contributed by atoms with Crippen LogP contribution in [0.1, 0.15) is 51.4 Å². The quantitative estimate of drug-likeness (QED) is 0.838. The third-order valence-corrected chi connectivity index (χ3v) is 6.97. The van der Waals surface area contributed by atoms with Gasteiger partial charge in [0.15, 0.2) is 0 Å². The number of rotatable bonds is 5. The van der Waals surface area contributed by atoms with Crippen LogP contribution in [0.3, 0.4) is 0 Å². The van der Waals surface area contributed by atoms with E-state index < -0.39 is 10.2 Å². The van der Waals surface area contributed by atoms with Crippen molar-refractivity contribution in [1.82, 2.24) is 13.9 Å². The molecule has 0 aromatic rings. The number of nitrogens with one attached hydrogen (secondary N) is 1.